The molecule has 1 N–H and O–H groups in total. The second-order valence-corrected chi connectivity index (χ2v) is 6.46. The lowest BCUT2D eigenvalue weighted by Gasteiger charge is -2.11. The maximum Gasteiger partial charge on any atom is 0.268 e. The molecule has 0 bridgehead atoms. The number of carbonyl (C=O) groups is 1. The fourth-order valence-corrected chi connectivity index (χ4v) is 3.05. The van der Waals surface area contributed by atoms with Crippen molar-refractivity contribution in [2.75, 3.05) is 0 Å². The summed E-state index contributed by atoms with van der Waals surface area (Å²) in [6, 6.07) is 14.3. The third-order valence-corrected chi connectivity index (χ3v) is 4.70. The van der Waals surface area contributed by atoms with Crippen molar-refractivity contribution in [3.05, 3.63) is 82.5 Å². The molecule has 7 heteroatoms. The normalized spacial score (nSPS) is 11.0. The van der Waals surface area contributed by atoms with Crippen molar-refractivity contribution < 1.29 is 9.21 Å². The SMILES string of the molecule is O=C(NCc1ccco1)c1cc2cccnc2n1-c1ccc(Cl)c(Cl)c1. The van der Waals surface area contributed by atoms with Crippen LogP contribution < -0.4 is 5.32 Å². The van der Waals surface area contributed by atoms with Crippen LogP contribution in [0, 0.1) is 0 Å². The van der Waals surface area contributed by atoms with Crippen molar-refractivity contribution in [3.8, 4) is 5.69 Å². The third-order valence-electron chi connectivity index (χ3n) is 3.96. The van der Waals surface area contributed by atoms with Crippen LogP contribution in [0.25, 0.3) is 16.7 Å². The van der Waals surface area contributed by atoms with Gasteiger partial charge in [-0.25, -0.2) is 4.98 Å². The highest BCUT2D eigenvalue weighted by Crippen LogP contribution is 2.28. The molecule has 0 radical (unpaired) electrons. The molecule has 4 rings (SSSR count). The number of fused-ring (bicyclic) bond motifs is 1. The number of rotatable bonds is 4. The van der Waals surface area contributed by atoms with Gasteiger partial charge in [0, 0.05) is 17.3 Å². The molecule has 0 spiro atoms. The maximum atomic E-state index is 12.8. The molecule has 1 amide bonds. The smallest absolute Gasteiger partial charge is 0.268 e. The van der Waals surface area contributed by atoms with Crippen LogP contribution >= 0.6 is 23.2 Å². The van der Waals surface area contributed by atoms with Gasteiger partial charge in [0.25, 0.3) is 5.91 Å². The average molecular weight is 386 g/mol. The van der Waals surface area contributed by atoms with Crippen LogP contribution in [0.2, 0.25) is 10.0 Å². The number of nitrogens with one attached hydrogen (secondary N) is 1. The molecule has 0 fully saturated rings. The monoisotopic (exact) mass is 385 g/mol. The standard InChI is InChI=1S/C19H13Cl2N3O2/c20-15-6-5-13(10-16(15)21)24-17(9-12-3-1-7-22-18(12)24)19(25)23-11-14-4-2-8-26-14/h1-10H,11H2,(H,23,25). The summed E-state index contributed by atoms with van der Waals surface area (Å²) in [6.07, 6.45) is 3.25. The van der Waals surface area contributed by atoms with Crippen LogP contribution in [0.4, 0.5) is 0 Å². The molecular weight excluding hydrogens is 373 g/mol. The quantitative estimate of drug-likeness (QED) is 0.545. The van der Waals surface area contributed by atoms with E-state index in [1.165, 1.54) is 0 Å². The number of halogens is 2. The lowest BCUT2D eigenvalue weighted by atomic mass is 10.3. The van der Waals surface area contributed by atoms with E-state index < -0.39 is 0 Å². The largest absolute Gasteiger partial charge is 0.467 e. The van der Waals surface area contributed by atoms with E-state index >= 15 is 0 Å². The number of carbonyl (C=O) groups excluding carboxylic acids is 1. The number of amides is 1. The Morgan fingerprint density at radius 3 is 2.77 bits per heavy atom. The lowest BCUT2D eigenvalue weighted by Crippen LogP contribution is -2.25. The topological polar surface area (TPSA) is 60.1 Å². The minimum absolute atomic E-state index is 0.245. The van der Waals surface area contributed by atoms with Crippen LogP contribution in [0.3, 0.4) is 0 Å². The number of benzene rings is 1. The summed E-state index contributed by atoms with van der Waals surface area (Å²) in [5.74, 6) is 0.430. The van der Waals surface area contributed by atoms with E-state index in [4.69, 9.17) is 27.6 Å². The van der Waals surface area contributed by atoms with E-state index in [-0.39, 0.29) is 5.91 Å². The van der Waals surface area contributed by atoms with Gasteiger partial charge in [-0.05, 0) is 48.5 Å². The van der Waals surface area contributed by atoms with E-state index in [0.717, 1.165) is 5.39 Å². The Balaban J connectivity index is 1.78. The summed E-state index contributed by atoms with van der Waals surface area (Å²) in [6.45, 7) is 0.294. The molecule has 3 aromatic heterocycles. The Labute approximate surface area is 159 Å². The number of hydrogen-bond donors (Lipinski definition) is 1. The molecule has 0 atom stereocenters. The average Bonchev–Trinajstić information content (AvgIpc) is 3.29. The van der Waals surface area contributed by atoms with Gasteiger partial charge < -0.3 is 9.73 Å². The fraction of sp³-hybridized carbons (Fsp3) is 0.0526. The van der Waals surface area contributed by atoms with Gasteiger partial charge in [-0.2, -0.15) is 0 Å². The molecule has 0 unspecified atom stereocenters. The highest BCUT2D eigenvalue weighted by molar-refractivity contribution is 6.42. The Bertz CT molecular complexity index is 1090. The minimum atomic E-state index is -0.245. The minimum Gasteiger partial charge on any atom is -0.467 e. The summed E-state index contributed by atoms with van der Waals surface area (Å²) in [7, 11) is 0. The molecular formula is C19H13Cl2N3O2. The molecule has 26 heavy (non-hydrogen) atoms. The summed E-state index contributed by atoms with van der Waals surface area (Å²) >= 11 is 12.2. The molecule has 130 valence electrons. The van der Waals surface area contributed by atoms with Crippen LogP contribution in [0.15, 0.2) is 65.4 Å². The number of nitrogens with zero attached hydrogens (tertiary/aromatic N) is 2. The molecule has 1 aromatic carbocycles. The lowest BCUT2D eigenvalue weighted by molar-refractivity contribution is 0.0941. The molecule has 5 nitrogen and oxygen atoms in total. The number of hydrogen-bond acceptors (Lipinski definition) is 3. The van der Waals surface area contributed by atoms with Crippen molar-refractivity contribution in [3.63, 3.8) is 0 Å². The third kappa shape index (κ3) is 3.07. The van der Waals surface area contributed by atoms with Gasteiger partial charge in [0.2, 0.25) is 0 Å². The van der Waals surface area contributed by atoms with Gasteiger partial charge in [0.1, 0.15) is 17.1 Å². The van der Waals surface area contributed by atoms with Crippen LogP contribution in [-0.4, -0.2) is 15.5 Å². The van der Waals surface area contributed by atoms with Crippen molar-refractivity contribution >= 4 is 40.1 Å². The van der Waals surface area contributed by atoms with E-state index in [1.807, 2.05) is 12.1 Å². The summed E-state index contributed by atoms with van der Waals surface area (Å²) in [4.78, 5) is 17.2. The van der Waals surface area contributed by atoms with E-state index in [1.54, 1.807) is 53.4 Å². The predicted octanol–water partition coefficient (Wildman–Crippen LogP) is 4.86. The Kier molecular flexibility index (Phi) is 4.41. The van der Waals surface area contributed by atoms with Crippen LogP contribution in [0.1, 0.15) is 16.2 Å². The summed E-state index contributed by atoms with van der Waals surface area (Å²) in [5.41, 5.74) is 1.81. The van der Waals surface area contributed by atoms with Gasteiger partial charge in [-0.1, -0.05) is 23.2 Å². The van der Waals surface area contributed by atoms with Crippen molar-refractivity contribution in [1.29, 1.82) is 0 Å². The van der Waals surface area contributed by atoms with Gasteiger partial charge in [-0.3, -0.25) is 9.36 Å². The van der Waals surface area contributed by atoms with Gasteiger partial charge in [0.05, 0.1) is 22.9 Å². The Morgan fingerprint density at radius 2 is 2.00 bits per heavy atom. The molecule has 4 aromatic rings. The highest BCUT2D eigenvalue weighted by Gasteiger charge is 2.18. The Morgan fingerprint density at radius 1 is 1.12 bits per heavy atom. The molecule has 0 aliphatic heterocycles. The number of furan rings is 1. The summed E-state index contributed by atoms with van der Waals surface area (Å²) < 4.78 is 7.02. The number of pyridine rings is 1. The van der Waals surface area contributed by atoms with Gasteiger partial charge in [0.15, 0.2) is 0 Å². The molecule has 0 saturated heterocycles. The van der Waals surface area contributed by atoms with Gasteiger partial charge in [-0.15, -0.1) is 0 Å². The van der Waals surface area contributed by atoms with Gasteiger partial charge >= 0.3 is 0 Å². The zero-order chi connectivity index (χ0) is 18.1. The molecule has 0 saturated carbocycles. The van der Waals surface area contributed by atoms with Crippen molar-refractivity contribution in [1.82, 2.24) is 14.9 Å². The first-order valence-electron chi connectivity index (χ1n) is 7.86. The van der Waals surface area contributed by atoms with E-state index in [2.05, 4.69) is 10.3 Å². The zero-order valence-electron chi connectivity index (χ0n) is 13.4. The van der Waals surface area contributed by atoms with Crippen molar-refractivity contribution in [2.24, 2.45) is 0 Å². The second-order valence-electron chi connectivity index (χ2n) is 5.64. The maximum absolute atomic E-state index is 12.8. The first-order valence-corrected chi connectivity index (χ1v) is 8.61. The first kappa shape index (κ1) is 16.7. The van der Waals surface area contributed by atoms with E-state index in [9.17, 15) is 4.79 Å². The van der Waals surface area contributed by atoms with Crippen LogP contribution in [-0.2, 0) is 6.54 Å². The molecule has 0 aliphatic rings. The fourth-order valence-electron chi connectivity index (χ4n) is 2.76. The van der Waals surface area contributed by atoms with Crippen LogP contribution in [0.5, 0.6) is 0 Å². The second kappa shape index (κ2) is 6.86. The predicted molar refractivity (Wildman–Crippen MR) is 101 cm³/mol. The molecule has 3 heterocycles. The highest BCUT2D eigenvalue weighted by atomic mass is 35.5. The summed E-state index contributed by atoms with van der Waals surface area (Å²) in [5, 5.41) is 4.56. The molecule has 0 aliphatic carbocycles. The van der Waals surface area contributed by atoms with Crippen molar-refractivity contribution in [2.45, 2.75) is 6.54 Å². The van der Waals surface area contributed by atoms with E-state index in [0.29, 0.717) is 39.4 Å². The first-order chi connectivity index (χ1) is 12.6. The zero-order valence-corrected chi connectivity index (χ0v) is 15.0. The Hall–Kier alpha value is -2.76. The number of aromatic nitrogens is 2.